The van der Waals surface area contributed by atoms with Crippen LogP contribution in [-0.4, -0.2) is 36.4 Å². The molecule has 23 heavy (non-hydrogen) atoms. The summed E-state index contributed by atoms with van der Waals surface area (Å²) in [5, 5.41) is 3.61. The quantitative estimate of drug-likeness (QED) is 0.828. The SMILES string of the molecule is CN(C)C/C=C/C(=O)NC(c1cccc(Cl)c1)c1ccccn1. The molecule has 1 aromatic heterocycles. The number of amides is 1. The van der Waals surface area contributed by atoms with Gasteiger partial charge in [-0.2, -0.15) is 0 Å². The van der Waals surface area contributed by atoms with E-state index in [0.29, 0.717) is 11.6 Å². The number of carbonyl (C=O) groups is 1. The number of halogens is 1. The molecule has 0 aliphatic carbocycles. The maximum atomic E-state index is 12.2. The summed E-state index contributed by atoms with van der Waals surface area (Å²) < 4.78 is 0. The van der Waals surface area contributed by atoms with Gasteiger partial charge < -0.3 is 10.2 Å². The fourth-order valence-electron chi connectivity index (χ4n) is 2.12. The number of pyridine rings is 1. The highest BCUT2D eigenvalue weighted by atomic mass is 35.5. The summed E-state index contributed by atoms with van der Waals surface area (Å²) in [5.41, 5.74) is 1.66. The number of likely N-dealkylation sites (N-methyl/N-ethyl adjacent to an activating group) is 1. The minimum Gasteiger partial charge on any atom is -0.340 e. The van der Waals surface area contributed by atoms with E-state index in [9.17, 15) is 4.79 Å². The van der Waals surface area contributed by atoms with Crippen LogP contribution in [-0.2, 0) is 4.79 Å². The molecule has 120 valence electrons. The van der Waals surface area contributed by atoms with Gasteiger partial charge >= 0.3 is 0 Å². The molecule has 0 bridgehead atoms. The third-order valence-corrected chi connectivity index (χ3v) is 3.43. The van der Waals surface area contributed by atoms with Crippen molar-refractivity contribution in [1.82, 2.24) is 15.2 Å². The molecule has 1 aromatic carbocycles. The second-order valence-corrected chi connectivity index (χ2v) is 5.85. The van der Waals surface area contributed by atoms with Crippen LogP contribution in [0.25, 0.3) is 0 Å². The van der Waals surface area contributed by atoms with Gasteiger partial charge in [-0.05, 0) is 43.9 Å². The van der Waals surface area contributed by atoms with Gasteiger partial charge in [0.15, 0.2) is 0 Å². The lowest BCUT2D eigenvalue weighted by Crippen LogP contribution is -2.28. The molecule has 0 fully saturated rings. The molecule has 5 heteroatoms. The molecule has 0 saturated heterocycles. The van der Waals surface area contributed by atoms with Gasteiger partial charge in [0.05, 0.1) is 11.7 Å². The molecule has 1 unspecified atom stereocenters. The number of aromatic nitrogens is 1. The molecule has 4 nitrogen and oxygen atoms in total. The van der Waals surface area contributed by atoms with Gasteiger partial charge in [0.1, 0.15) is 0 Å². The fraction of sp³-hybridized carbons (Fsp3) is 0.222. The van der Waals surface area contributed by atoms with Crippen molar-refractivity contribution in [3.05, 3.63) is 77.1 Å². The van der Waals surface area contributed by atoms with E-state index >= 15 is 0 Å². The maximum absolute atomic E-state index is 12.2. The molecule has 1 N–H and O–H groups in total. The van der Waals surface area contributed by atoms with Crippen LogP contribution >= 0.6 is 11.6 Å². The lowest BCUT2D eigenvalue weighted by Gasteiger charge is -2.18. The van der Waals surface area contributed by atoms with Crippen molar-refractivity contribution in [2.75, 3.05) is 20.6 Å². The Kier molecular flexibility index (Phi) is 6.32. The Labute approximate surface area is 141 Å². The normalized spacial score (nSPS) is 12.5. The van der Waals surface area contributed by atoms with Crippen LogP contribution in [0, 0.1) is 0 Å². The van der Waals surface area contributed by atoms with E-state index in [1.54, 1.807) is 18.3 Å². The number of rotatable bonds is 6. The van der Waals surface area contributed by atoms with Gasteiger partial charge in [-0.3, -0.25) is 9.78 Å². The lowest BCUT2D eigenvalue weighted by molar-refractivity contribution is -0.117. The number of hydrogen-bond donors (Lipinski definition) is 1. The average molecular weight is 330 g/mol. The molecule has 0 aliphatic rings. The van der Waals surface area contributed by atoms with Crippen molar-refractivity contribution in [3.63, 3.8) is 0 Å². The summed E-state index contributed by atoms with van der Waals surface area (Å²) in [7, 11) is 3.90. The Morgan fingerprint density at radius 1 is 1.30 bits per heavy atom. The number of nitrogens with zero attached hydrogens (tertiary/aromatic N) is 2. The smallest absolute Gasteiger partial charge is 0.244 e. The third kappa shape index (κ3) is 5.51. The highest BCUT2D eigenvalue weighted by Gasteiger charge is 2.17. The monoisotopic (exact) mass is 329 g/mol. The van der Waals surface area contributed by atoms with Crippen molar-refractivity contribution in [2.24, 2.45) is 0 Å². The van der Waals surface area contributed by atoms with E-state index in [1.807, 2.05) is 61.5 Å². The van der Waals surface area contributed by atoms with E-state index < -0.39 is 0 Å². The third-order valence-electron chi connectivity index (χ3n) is 3.19. The molecular weight excluding hydrogens is 310 g/mol. The number of benzene rings is 1. The summed E-state index contributed by atoms with van der Waals surface area (Å²) in [4.78, 5) is 18.5. The molecular formula is C18H20ClN3O. The lowest BCUT2D eigenvalue weighted by atomic mass is 10.0. The first kappa shape index (κ1) is 17.2. The first-order valence-corrected chi connectivity index (χ1v) is 7.72. The topological polar surface area (TPSA) is 45.2 Å². The molecule has 0 spiro atoms. The van der Waals surface area contributed by atoms with Crippen LogP contribution in [0.1, 0.15) is 17.3 Å². The van der Waals surface area contributed by atoms with Gasteiger partial charge in [0.2, 0.25) is 5.91 Å². The van der Waals surface area contributed by atoms with Crippen LogP contribution in [0.2, 0.25) is 5.02 Å². The summed E-state index contributed by atoms with van der Waals surface area (Å²) >= 11 is 6.08. The summed E-state index contributed by atoms with van der Waals surface area (Å²) in [6, 6.07) is 12.7. The van der Waals surface area contributed by atoms with Crippen molar-refractivity contribution in [3.8, 4) is 0 Å². The molecule has 0 aliphatic heterocycles. The molecule has 2 rings (SSSR count). The Balaban J connectivity index is 2.21. The van der Waals surface area contributed by atoms with E-state index in [2.05, 4.69) is 10.3 Å². The van der Waals surface area contributed by atoms with Crippen molar-refractivity contribution >= 4 is 17.5 Å². The van der Waals surface area contributed by atoms with Gasteiger partial charge in [0, 0.05) is 23.8 Å². The summed E-state index contributed by atoms with van der Waals surface area (Å²) in [5.74, 6) is -0.164. The number of carbonyl (C=O) groups excluding carboxylic acids is 1. The highest BCUT2D eigenvalue weighted by molar-refractivity contribution is 6.30. The van der Waals surface area contributed by atoms with E-state index in [4.69, 9.17) is 11.6 Å². The molecule has 1 atom stereocenters. The minimum absolute atomic E-state index is 0.164. The Hall–Kier alpha value is -2.17. The summed E-state index contributed by atoms with van der Waals surface area (Å²) in [6.45, 7) is 0.707. The Morgan fingerprint density at radius 3 is 2.78 bits per heavy atom. The van der Waals surface area contributed by atoms with Crippen LogP contribution in [0.5, 0.6) is 0 Å². The van der Waals surface area contributed by atoms with Crippen LogP contribution in [0.3, 0.4) is 0 Å². The van der Waals surface area contributed by atoms with E-state index in [-0.39, 0.29) is 11.9 Å². The zero-order valence-corrected chi connectivity index (χ0v) is 14.0. The van der Waals surface area contributed by atoms with Crippen LogP contribution in [0.15, 0.2) is 60.8 Å². The zero-order valence-electron chi connectivity index (χ0n) is 13.2. The predicted molar refractivity (Wildman–Crippen MR) is 93.4 cm³/mol. The van der Waals surface area contributed by atoms with Gasteiger partial charge in [-0.15, -0.1) is 0 Å². The molecule has 0 radical (unpaired) electrons. The van der Waals surface area contributed by atoms with E-state index in [1.165, 1.54) is 0 Å². The van der Waals surface area contributed by atoms with Gasteiger partial charge in [0.25, 0.3) is 0 Å². The van der Waals surface area contributed by atoms with Gasteiger partial charge in [-0.25, -0.2) is 0 Å². The first-order chi connectivity index (χ1) is 11.1. The largest absolute Gasteiger partial charge is 0.340 e. The molecule has 1 amide bonds. The highest BCUT2D eigenvalue weighted by Crippen LogP contribution is 2.23. The second kappa shape index (κ2) is 8.46. The zero-order chi connectivity index (χ0) is 16.7. The van der Waals surface area contributed by atoms with Crippen molar-refractivity contribution in [1.29, 1.82) is 0 Å². The Morgan fingerprint density at radius 2 is 2.13 bits per heavy atom. The Bertz CT molecular complexity index is 671. The second-order valence-electron chi connectivity index (χ2n) is 5.42. The van der Waals surface area contributed by atoms with Gasteiger partial charge in [-0.1, -0.05) is 35.9 Å². The van der Waals surface area contributed by atoms with E-state index in [0.717, 1.165) is 11.3 Å². The number of nitrogens with one attached hydrogen (secondary N) is 1. The van der Waals surface area contributed by atoms with Crippen LogP contribution < -0.4 is 5.32 Å². The van der Waals surface area contributed by atoms with Crippen LogP contribution in [0.4, 0.5) is 0 Å². The van der Waals surface area contributed by atoms with Crippen molar-refractivity contribution < 1.29 is 4.79 Å². The average Bonchev–Trinajstić information content (AvgIpc) is 2.53. The van der Waals surface area contributed by atoms with Crippen molar-refractivity contribution in [2.45, 2.75) is 6.04 Å². The number of hydrogen-bond acceptors (Lipinski definition) is 3. The molecule has 1 heterocycles. The maximum Gasteiger partial charge on any atom is 0.244 e. The predicted octanol–water partition coefficient (Wildman–Crippen LogP) is 3.06. The molecule has 0 saturated carbocycles. The molecule has 2 aromatic rings. The summed E-state index contributed by atoms with van der Waals surface area (Å²) in [6.07, 6.45) is 5.07. The first-order valence-electron chi connectivity index (χ1n) is 7.34. The minimum atomic E-state index is -0.341. The standard InChI is InChI=1S/C18H20ClN3O/c1-22(2)12-6-10-17(23)21-18(16-9-3-4-11-20-16)14-7-5-8-15(19)13-14/h3-11,13,18H,12H2,1-2H3,(H,21,23)/b10-6+. The fourth-order valence-corrected chi connectivity index (χ4v) is 2.32.